The fraction of sp³-hybridized carbons (Fsp3) is 0.524. The molecular formula is C21H30N4O. The Bertz CT molecular complexity index is 679. The summed E-state index contributed by atoms with van der Waals surface area (Å²) in [6.07, 6.45) is 7.36. The van der Waals surface area contributed by atoms with Gasteiger partial charge in [-0.3, -0.25) is 14.9 Å². The first-order chi connectivity index (χ1) is 12.6. The Hall–Kier alpha value is -1.98. The maximum absolute atomic E-state index is 5.48. The van der Waals surface area contributed by atoms with Gasteiger partial charge >= 0.3 is 0 Å². The largest absolute Gasteiger partial charge is 0.496 e. The van der Waals surface area contributed by atoms with Gasteiger partial charge in [-0.25, -0.2) is 0 Å². The van der Waals surface area contributed by atoms with Crippen molar-refractivity contribution in [3.05, 3.63) is 53.6 Å². The van der Waals surface area contributed by atoms with E-state index in [0.29, 0.717) is 5.92 Å². The number of nitrogens with zero attached hydrogens (tertiary/aromatic N) is 4. The summed E-state index contributed by atoms with van der Waals surface area (Å²) in [4.78, 5) is 13.8. The number of methoxy groups -OCH3 is 1. The molecule has 26 heavy (non-hydrogen) atoms. The van der Waals surface area contributed by atoms with Gasteiger partial charge in [0.15, 0.2) is 0 Å². The smallest absolute Gasteiger partial charge is 0.123 e. The second-order valence-corrected chi connectivity index (χ2v) is 7.47. The van der Waals surface area contributed by atoms with Crippen molar-refractivity contribution < 1.29 is 4.74 Å². The maximum atomic E-state index is 5.48. The van der Waals surface area contributed by atoms with Crippen LogP contribution in [0.4, 0.5) is 0 Å². The lowest BCUT2D eigenvalue weighted by molar-refractivity contribution is 0.175. The van der Waals surface area contributed by atoms with Crippen molar-refractivity contribution in [2.45, 2.75) is 32.4 Å². The summed E-state index contributed by atoms with van der Waals surface area (Å²) < 4.78 is 5.48. The van der Waals surface area contributed by atoms with Gasteiger partial charge in [-0.1, -0.05) is 18.2 Å². The second-order valence-electron chi connectivity index (χ2n) is 7.47. The highest BCUT2D eigenvalue weighted by molar-refractivity contribution is 5.33. The number of para-hydroxylation sites is 1. The molecule has 1 aliphatic rings. The molecule has 2 heterocycles. The zero-order valence-electron chi connectivity index (χ0n) is 16.2. The number of piperidine rings is 1. The summed E-state index contributed by atoms with van der Waals surface area (Å²) in [5, 5.41) is 0. The first kappa shape index (κ1) is 18.8. The lowest BCUT2D eigenvalue weighted by atomic mass is 9.92. The number of benzene rings is 1. The summed E-state index contributed by atoms with van der Waals surface area (Å²) in [6, 6.07) is 8.32. The van der Waals surface area contributed by atoms with E-state index < -0.39 is 0 Å². The summed E-state index contributed by atoms with van der Waals surface area (Å²) in [5.41, 5.74) is 3.43. The maximum Gasteiger partial charge on any atom is 0.123 e. The molecule has 1 aliphatic heterocycles. The van der Waals surface area contributed by atoms with E-state index in [2.05, 4.69) is 46.0 Å². The SMILES string of the molecule is COc1ccccc1CN1CCC(Cc2cnc(CN(C)C)cn2)CC1. The molecule has 1 aromatic heterocycles. The number of hydrogen-bond acceptors (Lipinski definition) is 5. The van der Waals surface area contributed by atoms with E-state index in [9.17, 15) is 0 Å². The zero-order chi connectivity index (χ0) is 18.4. The Labute approximate surface area is 157 Å². The Morgan fingerprint density at radius 1 is 1.08 bits per heavy atom. The molecule has 5 nitrogen and oxygen atoms in total. The minimum atomic E-state index is 0.706. The predicted molar refractivity (Wildman–Crippen MR) is 104 cm³/mol. The van der Waals surface area contributed by atoms with E-state index in [1.165, 1.54) is 18.4 Å². The van der Waals surface area contributed by atoms with E-state index in [0.717, 1.165) is 49.7 Å². The Morgan fingerprint density at radius 2 is 1.77 bits per heavy atom. The fourth-order valence-electron chi connectivity index (χ4n) is 3.61. The highest BCUT2D eigenvalue weighted by atomic mass is 16.5. The highest BCUT2D eigenvalue weighted by Gasteiger charge is 2.21. The van der Waals surface area contributed by atoms with Crippen molar-refractivity contribution >= 4 is 0 Å². The van der Waals surface area contributed by atoms with Gasteiger partial charge in [-0.15, -0.1) is 0 Å². The summed E-state index contributed by atoms with van der Waals surface area (Å²) in [7, 11) is 5.85. The normalized spacial score (nSPS) is 16.2. The third kappa shape index (κ3) is 5.26. The van der Waals surface area contributed by atoms with Crippen molar-refractivity contribution in [2.24, 2.45) is 5.92 Å². The van der Waals surface area contributed by atoms with E-state index in [1.807, 2.05) is 24.5 Å². The lowest BCUT2D eigenvalue weighted by Gasteiger charge is -2.32. The molecule has 5 heteroatoms. The molecule has 1 aromatic carbocycles. The predicted octanol–water partition coefficient (Wildman–Crippen LogP) is 3.00. The number of likely N-dealkylation sites (tertiary alicyclic amines) is 1. The molecule has 0 saturated carbocycles. The van der Waals surface area contributed by atoms with Crippen LogP contribution in [0.2, 0.25) is 0 Å². The molecule has 2 aromatic rings. The molecule has 0 aliphatic carbocycles. The molecule has 1 fully saturated rings. The van der Waals surface area contributed by atoms with Gasteiger partial charge in [-0.2, -0.15) is 0 Å². The average Bonchev–Trinajstić information content (AvgIpc) is 2.65. The first-order valence-electron chi connectivity index (χ1n) is 9.43. The standard InChI is InChI=1S/C21H30N4O/c1-24(2)16-20-14-22-19(13-23-20)12-17-8-10-25(11-9-17)15-18-6-4-5-7-21(18)26-3/h4-7,13-14,17H,8-12,15-16H2,1-3H3. The van der Waals surface area contributed by atoms with E-state index in [1.54, 1.807) is 7.11 Å². The quantitative estimate of drug-likeness (QED) is 0.765. The zero-order valence-corrected chi connectivity index (χ0v) is 16.2. The third-order valence-corrected chi connectivity index (χ3v) is 5.03. The molecule has 0 unspecified atom stereocenters. The van der Waals surface area contributed by atoms with Gasteiger partial charge in [0.1, 0.15) is 5.75 Å². The van der Waals surface area contributed by atoms with Gasteiger partial charge in [0.25, 0.3) is 0 Å². The van der Waals surface area contributed by atoms with Crippen LogP contribution >= 0.6 is 0 Å². The van der Waals surface area contributed by atoms with Crippen LogP contribution < -0.4 is 4.74 Å². The molecule has 140 valence electrons. The molecule has 0 amide bonds. The second kappa shape index (κ2) is 9.10. The van der Waals surface area contributed by atoms with Gasteiger partial charge in [0.05, 0.1) is 24.7 Å². The molecular weight excluding hydrogens is 324 g/mol. The number of ether oxygens (including phenoxy) is 1. The number of hydrogen-bond donors (Lipinski definition) is 0. The minimum Gasteiger partial charge on any atom is -0.496 e. The highest BCUT2D eigenvalue weighted by Crippen LogP contribution is 2.25. The Kier molecular flexibility index (Phi) is 6.58. The molecule has 3 rings (SSSR count). The minimum absolute atomic E-state index is 0.706. The third-order valence-electron chi connectivity index (χ3n) is 5.03. The average molecular weight is 354 g/mol. The molecule has 1 saturated heterocycles. The summed E-state index contributed by atoms with van der Waals surface area (Å²) >= 11 is 0. The summed E-state index contributed by atoms with van der Waals surface area (Å²) in [5.74, 6) is 1.70. The van der Waals surface area contributed by atoms with Gasteiger partial charge in [0, 0.05) is 24.8 Å². The topological polar surface area (TPSA) is 41.5 Å². The Balaban J connectivity index is 1.48. The van der Waals surface area contributed by atoms with Crippen LogP contribution in [0.15, 0.2) is 36.7 Å². The first-order valence-corrected chi connectivity index (χ1v) is 9.43. The Morgan fingerprint density at radius 3 is 2.42 bits per heavy atom. The van der Waals surface area contributed by atoms with Crippen LogP contribution in [-0.2, 0) is 19.5 Å². The van der Waals surface area contributed by atoms with Crippen LogP contribution in [0.1, 0.15) is 29.8 Å². The van der Waals surface area contributed by atoms with Crippen LogP contribution in [0, 0.1) is 5.92 Å². The molecule has 0 radical (unpaired) electrons. The van der Waals surface area contributed by atoms with Crippen LogP contribution in [0.3, 0.4) is 0 Å². The van der Waals surface area contributed by atoms with Crippen molar-refractivity contribution in [2.75, 3.05) is 34.3 Å². The van der Waals surface area contributed by atoms with Crippen molar-refractivity contribution in [3.63, 3.8) is 0 Å². The van der Waals surface area contributed by atoms with Crippen molar-refractivity contribution in [3.8, 4) is 5.75 Å². The van der Waals surface area contributed by atoms with Crippen LogP contribution in [0.25, 0.3) is 0 Å². The van der Waals surface area contributed by atoms with Gasteiger partial charge in [-0.05, 0) is 58.4 Å². The summed E-state index contributed by atoms with van der Waals surface area (Å²) in [6.45, 7) is 4.08. The van der Waals surface area contributed by atoms with E-state index in [4.69, 9.17) is 4.74 Å². The van der Waals surface area contributed by atoms with Crippen LogP contribution in [0.5, 0.6) is 5.75 Å². The van der Waals surface area contributed by atoms with Gasteiger partial charge < -0.3 is 9.64 Å². The van der Waals surface area contributed by atoms with Crippen LogP contribution in [-0.4, -0.2) is 54.1 Å². The molecule has 0 atom stereocenters. The van der Waals surface area contributed by atoms with E-state index >= 15 is 0 Å². The van der Waals surface area contributed by atoms with Crippen molar-refractivity contribution in [1.29, 1.82) is 0 Å². The fourth-order valence-corrected chi connectivity index (χ4v) is 3.61. The number of rotatable bonds is 7. The van der Waals surface area contributed by atoms with Crippen molar-refractivity contribution in [1.82, 2.24) is 19.8 Å². The monoisotopic (exact) mass is 354 g/mol. The molecule has 0 N–H and O–H groups in total. The lowest BCUT2D eigenvalue weighted by Crippen LogP contribution is -2.34. The number of aromatic nitrogens is 2. The molecule has 0 bridgehead atoms. The van der Waals surface area contributed by atoms with E-state index in [-0.39, 0.29) is 0 Å². The van der Waals surface area contributed by atoms with Gasteiger partial charge in [0.2, 0.25) is 0 Å². The molecule has 0 spiro atoms.